The molecule has 1 N–H and O–H groups in total. The minimum atomic E-state index is 0.200. The number of hydrogen-bond acceptors (Lipinski definition) is 3. The predicted octanol–water partition coefficient (Wildman–Crippen LogP) is 4.28. The Kier molecular flexibility index (Phi) is 4.97. The second kappa shape index (κ2) is 6.72. The molecule has 0 spiro atoms. The van der Waals surface area contributed by atoms with Gasteiger partial charge in [0.25, 0.3) is 0 Å². The second-order valence-electron chi connectivity index (χ2n) is 5.90. The van der Waals surface area contributed by atoms with E-state index < -0.39 is 0 Å². The normalized spacial score (nSPS) is 11.4. The average molecular weight is 284 g/mol. The molecule has 0 amide bonds. The van der Waals surface area contributed by atoms with Gasteiger partial charge in [-0.2, -0.15) is 0 Å². The summed E-state index contributed by atoms with van der Waals surface area (Å²) in [7, 11) is 1.92. The number of ether oxygens (including phenoxy) is 1. The van der Waals surface area contributed by atoms with Crippen LogP contribution < -0.4 is 10.1 Å². The highest BCUT2D eigenvalue weighted by Gasteiger charge is 2.17. The molecule has 1 heterocycles. The largest absolute Gasteiger partial charge is 0.439 e. The Balaban J connectivity index is 2.06. The smallest absolute Gasteiger partial charge is 0.219 e. The highest BCUT2D eigenvalue weighted by Crippen LogP contribution is 2.29. The Morgan fingerprint density at radius 3 is 2.33 bits per heavy atom. The van der Waals surface area contributed by atoms with E-state index in [1.165, 1.54) is 5.56 Å². The number of nitrogens with one attached hydrogen (secondary N) is 1. The van der Waals surface area contributed by atoms with Gasteiger partial charge >= 0.3 is 0 Å². The van der Waals surface area contributed by atoms with Gasteiger partial charge in [-0.3, -0.25) is 0 Å². The van der Waals surface area contributed by atoms with Gasteiger partial charge in [-0.25, -0.2) is 4.98 Å². The molecule has 3 heteroatoms. The number of rotatable bonds is 6. The van der Waals surface area contributed by atoms with E-state index in [9.17, 15) is 0 Å². The molecule has 0 aliphatic heterocycles. The molecule has 0 bridgehead atoms. The predicted molar refractivity (Wildman–Crippen MR) is 86.8 cm³/mol. The van der Waals surface area contributed by atoms with Crippen LogP contribution in [0, 0.1) is 0 Å². The molecule has 21 heavy (non-hydrogen) atoms. The first-order valence-electron chi connectivity index (χ1n) is 7.43. The summed E-state index contributed by atoms with van der Waals surface area (Å²) in [5.74, 6) is 1.44. The number of pyridine rings is 1. The number of benzene rings is 1. The lowest BCUT2D eigenvalue weighted by Gasteiger charge is -2.23. The minimum Gasteiger partial charge on any atom is -0.439 e. The Morgan fingerprint density at radius 2 is 1.81 bits per heavy atom. The number of aromatic nitrogens is 1. The van der Waals surface area contributed by atoms with E-state index in [-0.39, 0.29) is 5.41 Å². The van der Waals surface area contributed by atoms with Crippen molar-refractivity contribution in [3.05, 3.63) is 53.7 Å². The van der Waals surface area contributed by atoms with Gasteiger partial charge in [-0.15, -0.1) is 0 Å². The highest BCUT2D eigenvalue weighted by atomic mass is 16.5. The van der Waals surface area contributed by atoms with Crippen molar-refractivity contribution in [2.24, 2.45) is 0 Å². The van der Waals surface area contributed by atoms with Crippen molar-refractivity contribution < 1.29 is 4.74 Å². The molecule has 112 valence electrons. The van der Waals surface area contributed by atoms with Crippen LogP contribution in [0.1, 0.15) is 38.3 Å². The zero-order valence-corrected chi connectivity index (χ0v) is 13.3. The van der Waals surface area contributed by atoms with E-state index in [1.807, 2.05) is 37.5 Å². The van der Waals surface area contributed by atoms with Crippen LogP contribution in [0.25, 0.3) is 0 Å². The molecule has 0 aliphatic rings. The molecule has 1 aromatic carbocycles. The molecule has 0 aliphatic carbocycles. The summed E-state index contributed by atoms with van der Waals surface area (Å²) in [4.78, 5) is 4.32. The van der Waals surface area contributed by atoms with Crippen molar-refractivity contribution in [2.45, 2.75) is 39.2 Å². The van der Waals surface area contributed by atoms with Crippen LogP contribution in [0.4, 0.5) is 0 Å². The molecule has 1 aromatic heterocycles. The third kappa shape index (κ3) is 4.05. The first-order valence-corrected chi connectivity index (χ1v) is 7.43. The maximum absolute atomic E-state index is 5.78. The maximum atomic E-state index is 5.78. The van der Waals surface area contributed by atoms with Gasteiger partial charge in [0, 0.05) is 18.8 Å². The summed E-state index contributed by atoms with van der Waals surface area (Å²) in [6.07, 6.45) is 2.95. The Bertz CT molecular complexity index is 559. The lowest BCUT2D eigenvalue weighted by molar-refractivity contribution is 0.460. The quantitative estimate of drug-likeness (QED) is 0.859. The SMILES string of the molecule is CCC(C)(C)c1ccc(Oc2ccc(CNC)cn2)cc1. The topological polar surface area (TPSA) is 34.1 Å². The standard InChI is InChI=1S/C18H24N2O/c1-5-18(2,3)15-7-9-16(10-8-15)21-17-11-6-14(12-19-4)13-20-17/h6-11,13,19H,5,12H2,1-4H3. The van der Waals surface area contributed by atoms with Gasteiger partial charge in [-0.05, 0) is 42.1 Å². The third-order valence-corrected chi connectivity index (χ3v) is 3.92. The summed E-state index contributed by atoms with van der Waals surface area (Å²) in [5.41, 5.74) is 2.67. The van der Waals surface area contributed by atoms with E-state index in [0.717, 1.165) is 24.3 Å². The summed E-state index contributed by atoms with van der Waals surface area (Å²) in [5, 5.41) is 3.10. The second-order valence-corrected chi connectivity index (χ2v) is 5.90. The van der Waals surface area contributed by atoms with Gasteiger partial charge in [-0.1, -0.05) is 39.0 Å². The molecule has 2 aromatic rings. The van der Waals surface area contributed by atoms with E-state index in [0.29, 0.717) is 5.88 Å². The molecule has 0 atom stereocenters. The fourth-order valence-corrected chi connectivity index (χ4v) is 2.08. The van der Waals surface area contributed by atoms with Gasteiger partial charge in [0.1, 0.15) is 5.75 Å². The molecular weight excluding hydrogens is 260 g/mol. The Morgan fingerprint density at radius 1 is 1.10 bits per heavy atom. The lowest BCUT2D eigenvalue weighted by atomic mass is 9.82. The third-order valence-electron chi connectivity index (χ3n) is 3.92. The number of hydrogen-bond donors (Lipinski definition) is 1. The molecule has 0 unspecified atom stereocenters. The maximum Gasteiger partial charge on any atom is 0.219 e. The van der Waals surface area contributed by atoms with Crippen LogP contribution >= 0.6 is 0 Å². The molecule has 0 radical (unpaired) electrons. The van der Waals surface area contributed by atoms with Crippen molar-refractivity contribution in [3.8, 4) is 11.6 Å². The first-order chi connectivity index (χ1) is 10.0. The molecule has 2 rings (SSSR count). The Labute approximate surface area is 127 Å². The van der Waals surface area contributed by atoms with Crippen LogP contribution in [0.15, 0.2) is 42.6 Å². The van der Waals surface area contributed by atoms with Crippen LogP contribution in [-0.2, 0) is 12.0 Å². The van der Waals surface area contributed by atoms with E-state index >= 15 is 0 Å². The van der Waals surface area contributed by atoms with Crippen molar-refractivity contribution in [3.63, 3.8) is 0 Å². The monoisotopic (exact) mass is 284 g/mol. The van der Waals surface area contributed by atoms with Crippen molar-refractivity contribution in [1.82, 2.24) is 10.3 Å². The fraction of sp³-hybridized carbons (Fsp3) is 0.389. The van der Waals surface area contributed by atoms with Gasteiger partial charge in [0.2, 0.25) is 5.88 Å². The fourth-order valence-electron chi connectivity index (χ4n) is 2.08. The minimum absolute atomic E-state index is 0.200. The van der Waals surface area contributed by atoms with Gasteiger partial charge in [0.05, 0.1) is 0 Å². The van der Waals surface area contributed by atoms with Crippen molar-refractivity contribution >= 4 is 0 Å². The van der Waals surface area contributed by atoms with Crippen LogP contribution in [0.5, 0.6) is 11.6 Å². The van der Waals surface area contributed by atoms with E-state index in [4.69, 9.17) is 4.74 Å². The zero-order valence-electron chi connectivity index (χ0n) is 13.3. The highest BCUT2D eigenvalue weighted by molar-refractivity contribution is 5.33. The van der Waals surface area contributed by atoms with Crippen molar-refractivity contribution in [2.75, 3.05) is 7.05 Å². The molecule has 3 nitrogen and oxygen atoms in total. The van der Waals surface area contributed by atoms with Crippen LogP contribution in [0.3, 0.4) is 0 Å². The molecule has 0 fully saturated rings. The first kappa shape index (κ1) is 15.5. The summed E-state index contributed by atoms with van der Waals surface area (Å²) in [6, 6.07) is 12.2. The summed E-state index contributed by atoms with van der Waals surface area (Å²) in [6.45, 7) is 7.53. The van der Waals surface area contributed by atoms with Gasteiger partial charge in [0.15, 0.2) is 0 Å². The summed E-state index contributed by atoms with van der Waals surface area (Å²) >= 11 is 0. The molecular formula is C18H24N2O. The van der Waals surface area contributed by atoms with Gasteiger partial charge < -0.3 is 10.1 Å². The summed E-state index contributed by atoms with van der Waals surface area (Å²) < 4.78 is 5.78. The lowest BCUT2D eigenvalue weighted by Crippen LogP contribution is -2.14. The van der Waals surface area contributed by atoms with Crippen LogP contribution in [-0.4, -0.2) is 12.0 Å². The van der Waals surface area contributed by atoms with Crippen LogP contribution in [0.2, 0.25) is 0 Å². The molecule has 0 saturated carbocycles. The molecule has 0 saturated heterocycles. The average Bonchev–Trinajstić information content (AvgIpc) is 2.50. The van der Waals surface area contributed by atoms with Crippen molar-refractivity contribution in [1.29, 1.82) is 0 Å². The van der Waals surface area contributed by atoms with E-state index in [2.05, 4.69) is 43.2 Å². The Hall–Kier alpha value is -1.87. The number of nitrogens with zero attached hydrogens (tertiary/aromatic N) is 1. The van der Waals surface area contributed by atoms with E-state index in [1.54, 1.807) is 0 Å². The zero-order chi connectivity index (χ0) is 15.3.